The first-order chi connectivity index (χ1) is 28.8. The summed E-state index contributed by atoms with van der Waals surface area (Å²) in [5, 5.41) is 2.23. The van der Waals surface area contributed by atoms with Crippen molar-refractivity contribution in [1.82, 2.24) is 33.5 Å². The number of imidazole rings is 2. The van der Waals surface area contributed by atoms with E-state index in [1.807, 2.05) is 60.7 Å². The maximum absolute atomic E-state index is 5.56. The highest BCUT2D eigenvalue weighted by Crippen LogP contribution is 2.43. The van der Waals surface area contributed by atoms with Crippen molar-refractivity contribution < 1.29 is 0 Å². The Morgan fingerprint density at radius 1 is 0.466 bits per heavy atom. The minimum atomic E-state index is 0.298. The molecule has 11 aromatic rings. The Balaban J connectivity index is 1.07. The highest BCUT2D eigenvalue weighted by molar-refractivity contribution is 6.10. The molecule has 0 bridgehead atoms. The fourth-order valence-corrected chi connectivity index (χ4v) is 9.19. The minimum absolute atomic E-state index is 0.298. The van der Waals surface area contributed by atoms with Crippen LogP contribution in [0.3, 0.4) is 0 Å². The van der Waals surface area contributed by atoms with Gasteiger partial charge in [0.25, 0.3) is 0 Å². The number of rotatable bonds is 5. The molecular formula is C51H35N7. The predicted molar refractivity (Wildman–Crippen MR) is 233 cm³/mol. The molecule has 0 saturated carbocycles. The number of para-hydroxylation sites is 3. The van der Waals surface area contributed by atoms with Gasteiger partial charge in [-0.2, -0.15) is 9.97 Å². The van der Waals surface area contributed by atoms with Gasteiger partial charge in [0.05, 0.1) is 33.5 Å². The molecule has 0 spiro atoms. The Bertz CT molecular complexity index is 3280. The molecule has 0 saturated heterocycles. The average Bonchev–Trinajstić information content (AvgIpc) is 3.90. The molecule has 7 nitrogen and oxygen atoms in total. The van der Waals surface area contributed by atoms with Crippen LogP contribution < -0.4 is 0 Å². The van der Waals surface area contributed by atoms with Crippen LogP contribution in [0.4, 0.5) is 0 Å². The Morgan fingerprint density at radius 2 is 1.07 bits per heavy atom. The van der Waals surface area contributed by atoms with E-state index in [9.17, 15) is 0 Å². The molecule has 1 atom stereocenters. The van der Waals surface area contributed by atoms with Gasteiger partial charge in [0.15, 0.2) is 11.6 Å². The summed E-state index contributed by atoms with van der Waals surface area (Å²) in [5.74, 6) is 3.05. The molecular weight excluding hydrogens is 711 g/mol. The second-order valence-corrected chi connectivity index (χ2v) is 15.0. The van der Waals surface area contributed by atoms with Crippen molar-refractivity contribution in [3.05, 3.63) is 199 Å². The van der Waals surface area contributed by atoms with Crippen molar-refractivity contribution in [2.24, 2.45) is 0 Å². The van der Waals surface area contributed by atoms with Crippen LogP contribution in [0.1, 0.15) is 29.2 Å². The first kappa shape index (κ1) is 32.6. The van der Waals surface area contributed by atoms with Crippen LogP contribution in [0.5, 0.6) is 0 Å². The van der Waals surface area contributed by atoms with Gasteiger partial charge >= 0.3 is 0 Å². The van der Waals surface area contributed by atoms with Gasteiger partial charge in [0.2, 0.25) is 11.7 Å². The summed E-state index contributed by atoms with van der Waals surface area (Å²) in [5.41, 5.74) is 13.4. The largest absolute Gasteiger partial charge is 0.280 e. The molecule has 58 heavy (non-hydrogen) atoms. The molecule has 0 radical (unpaired) electrons. The highest BCUT2D eigenvalue weighted by atomic mass is 15.2. The first-order valence-corrected chi connectivity index (χ1v) is 19.8. The molecule has 1 aliphatic rings. The summed E-state index contributed by atoms with van der Waals surface area (Å²) in [7, 11) is 0. The first-order valence-electron chi connectivity index (χ1n) is 19.8. The zero-order chi connectivity index (χ0) is 38.2. The summed E-state index contributed by atoms with van der Waals surface area (Å²) in [6.07, 6.45) is 1.91. The van der Waals surface area contributed by atoms with Crippen LogP contribution >= 0.6 is 0 Å². The third-order valence-electron chi connectivity index (χ3n) is 11.8. The zero-order valence-corrected chi connectivity index (χ0v) is 31.4. The van der Waals surface area contributed by atoms with Crippen molar-refractivity contribution in [2.45, 2.75) is 18.8 Å². The Kier molecular flexibility index (Phi) is 7.28. The molecule has 4 heterocycles. The molecule has 0 fully saturated rings. The lowest BCUT2D eigenvalue weighted by molar-refractivity contribution is 0.714. The molecule has 7 heteroatoms. The predicted octanol–water partition coefficient (Wildman–Crippen LogP) is 11.6. The van der Waals surface area contributed by atoms with Crippen LogP contribution in [0.15, 0.2) is 182 Å². The van der Waals surface area contributed by atoms with Gasteiger partial charge in [-0.05, 0) is 60.4 Å². The number of hydrogen-bond acceptors (Lipinski definition) is 4. The SMILES string of the molecule is c1ccc(-c2nc(-c3ccccc3)nc(-n3c4ccccc4c4cc(-n5c6ccccc6n6c7c(nc56)-c5ccccc5C(c5ccccc5)CC7)ccc43)n2)cc1. The summed E-state index contributed by atoms with van der Waals surface area (Å²) in [6, 6.07) is 64.0. The van der Waals surface area contributed by atoms with Crippen LogP contribution in [-0.2, 0) is 6.42 Å². The van der Waals surface area contributed by atoms with Crippen LogP contribution in [-0.4, -0.2) is 33.5 Å². The van der Waals surface area contributed by atoms with E-state index in [0.29, 0.717) is 23.5 Å². The van der Waals surface area contributed by atoms with Gasteiger partial charge < -0.3 is 0 Å². The standard InChI is InChI=1S/C51H35N7/c1-4-16-33(17-5-1)37-29-31-46-47(40-24-11-10-22-38(37)40)52-51-56(44-26-14-15-27-45(44)58(46)51)36-28-30-43-41(32-36)39-23-12-13-25-42(39)57(43)50-54-48(34-18-6-2-7-19-34)53-49(55-50)35-20-8-3-9-21-35/h1-28,30,32,37H,29,31H2. The third-order valence-corrected chi connectivity index (χ3v) is 11.8. The van der Waals surface area contributed by atoms with Crippen LogP contribution in [0.2, 0.25) is 0 Å². The fourth-order valence-electron chi connectivity index (χ4n) is 9.19. The number of hydrogen-bond donors (Lipinski definition) is 0. The van der Waals surface area contributed by atoms with E-state index in [2.05, 4.69) is 135 Å². The number of fused-ring (bicyclic) bond motifs is 10. The molecule has 0 N–H and O–H groups in total. The molecule has 0 amide bonds. The topological polar surface area (TPSA) is 65.8 Å². The number of aryl methyl sites for hydroxylation is 1. The quantitative estimate of drug-likeness (QED) is 0.176. The third kappa shape index (κ3) is 5.00. The van der Waals surface area contributed by atoms with Crippen molar-refractivity contribution in [3.63, 3.8) is 0 Å². The van der Waals surface area contributed by atoms with E-state index in [1.165, 1.54) is 22.4 Å². The molecule has 12 rings (SSSR count). The van der Waals surface area contributed by atoms with Gasteiger partial charge in [-0.25, -0.2) is 9.97 Å². The van der Waals surface area contributed by atoms with Gasteiger partial charge in [-0.3, -0.25) is 13.5 Å². The minimum Gasteiger partial charge on any atom is -0.280 e. The van der Waals surface area contributed by atoms with Crippen molar-refractivity contribution in [2.75, 3.05) is 0 Å². The maximum atomic E-state index is 5.56. The lowest BCUT2D eigenvalue weighted by Gasteiger charge is -2.18. The van der Waals surface area contributed by atoms with E-state index < -0.39 is 0 Å². The van der Waals surface area contributed by atoms with Crippen LogP contribution in [0.25, 0.3) is 84.3 Å². The van der Waals surface area contributed by atoms with Gasteiger partial charge in [-0.15, -0.1) is 0 Å². The normalized spacial score (nSPS) is 13.9. The summed E-state index contributed by atoms with van der Waals surface area (Å²) < 4.78 is 6.91. The molecule has 274 valence electrons. The second-order valence-electron chi connectivity index (χ2n) is 15.0. The van der Waals surface area contributed by atoms with Gasteiger partial charge in [0, 0.05) is 39.1 Å². The van der Waals surface area contributed by atoms with E-state index >= 15 is 0 Å². The lowest BCUT2D eigenvalue weighted by Crippen LogP contribution is -2.06. The average molecular weight is 746 g/mol. The molecule has 0 aliphatic heterocycles. The maximum Gasteiger partial charge on any atom is 0.238 e. The van der Waals surface area contributed by atoms with Crippen molar-refractivity contribution >= 4 is 38.6 Å². The highest BCUT2D eigenvalue weighted by Gasteiger charge is 2.29. The van der Waals surface area contributed by atoms with E-state index in [1.54, 1.807) is 0 Å². The Morgan fingerprint density at radius 3 is 1.81 bits per heavy atom. The van der Waals surface area contributed by atoms with E-state index in [-0.39, 0.29) is 0 Å². The summed E-state index contributed by atoms with van der Waals surface area (Å²) >= 11 is 0. The number of aromatic nitrogens is 7. The van der Waals surface area contributed by atoms with Crippen molar-refractivity contribution in [3.8, 4) is 45.7 Å². The second kappa shape index (κ2) is 13.0. The van der Waals surface area contributed by atoms with E-state index in [4.69, 9.17) is 19.9 Å². The molecule has 1 unspecified atom stereocenters. The fraction of sp³-hybridized carbons (Fsp3) is 0.0588. The van der Waals surface area contributed by atoms with Gasteiger partial charge in [0.1, 0.15) is 0 Å². The van der Waals surface area contributed by atoms with Gasteiger partial charge in [-0.1, -0.05) is 146 Å². The van der Waals surface area contributed by atoms with Crippen molar-refractivity contribution in [1.29, 1.82) is 0 Å². The molecule has 7 aromatic carbocycles. The zero-order valence-electron chi connectivity index (χ0n) is 31.4. The number of nitrogens with zero attached hydrogens (tertiary/aromatic N) is 7. The summed E-state index contributed by atoms with van der Waals surface area (Å²) in [4.78, 5) is 20.8. The Labute approximate surface area is 334 Å². The molecule has 4 aromatic heterocycles. The lowest BCUT2D eigenvalue weighted by atomic mass is 9.86. The Hall–Kier alpha value is -7.64. The summed E-state index contributed by atoms with van der Waals surface area (Å²) in [6.45, 7) is 0. The molecule has 1 aliphatic carbocycles. The monoisotopic (exact) mass is 745 g/mol. The smallest absolute Gasteiger partial charge is 0.238 e. The number of benzene rings is 7. The van der Waals surface area contributed by atoms with Crippen LogP contribution in [0, 0.1) is 0 Å². The van der Waals surface area contributed by atoms with E-state index in [0.717, 1.165) is 74.0 Å².